The number of carbonyl (C=O) groups excluding carboxylic acids is 1. The molecular formula is C12H22F3N3O2. The van der Waals surface area contributed by atoms with Crippen LogP contribution in [0.25, 0.3) is 0 Å². The van der Waals surface area contributed by atoms with E-state index < -0.39 is 12.7 Å². The SMILES string of the molecule is CC(CO)N(C)C(=O)NCC1CCN(CC(F)(F)F)C1. The third-order valence-corrected chi connectivity index (χ3v) is 3.56. The van der Waals surface area contributed by atoms with Crippen LogP contribution in [0.1, 0.15) is 13.3 Å². The number of rotatable bonds is 5. The van der Waals surface area contributed by atoms with Crippen molar-refractivity contribution < 1.29 is 23.1 Å². The fourth-order valence-corrected chi connectivity index (χ4v) is 2.16. The van der Waals surface area contributed by atoms with Gasteiger partial charge in [0.25, 0.3) is 0 Å². The molecule has 118 valence electrons. The molecule has 1 heterocycles. The molecule has 0 aromatic heterocycles. The number of likely N-dealkylation sites (N-methyl/N-ethyl adjacent to an activating group) is 1. The summed E-state index contributed by atoms with van der Waals surface area (Å²) >= 11 is 0. The van der Waals surface area contributed by atoms with Gasteiger partial charge < -0.3 is 15.3 Å². The van der Waals surface area contributed by atoms with Crippen molar-refractivity contribution in [2.75, 3.05) is 39.8 Å². The summed E-state index contributed by atoms with van der Waals surface area (Å²) in [4.78, 5) is 14.5. The van der Waals surface area contributed by atoms with Crippen LogP contribution in [0.4, 0.5) is 18.0 Å². The molecule has 0 aliphatic carbocycles. The molecule has 0 bridgehead atoms. The van der Waals surface area contributed by atoms with Gasteiger partial charge in [0.1, 0.15) is 0 Å². The zero-order chi connectivity index (χ0) is 15.3. The summed E-state index contributed by atoms with van der Waals surface area (Å²) in [5, 5.41) is 11.6. The number of urea groups is 1. The quantitative estimate of drug-likeness (QED) is 0.792. The van der Waals surface area contributed by atoms with Gasteiger partial charge in [0.15, 0.2) is 0 Å². The third-order valence-electron chi connectivity index (χ3n) is 3.56. The molecule has 5 nitrogen and oxygen atoms in total. The molecule has 0 aromatic carbocycles. The Hall–Kier alpha value is -1.02. The van der Waals surface area contributed by atoms with Gasteiger partial charge >= 0.3 is 12.2 Å². The Morgan fingerprint density at radius 3 is 2.75 bits per heavy atom. The van der Waals surface area contributed by atoms with Crippen molar-refractivity contribution in [1.29, 1.82) is 0 Å². The zero-order valence-electron chi connectivity index (χ0n) is 11.8. The van der Waals surface area contributed by atoms with Gasteiger partial charge in [-0.05, 0) is 25.8 Å². The van der Waals surface area contributed by atoms with Crippen molar-refractivity contribution in [2.45, 2.75) is 25.6 Å². The minimum atomic E-state index is -4.17. The van der Waals surface area contributed by atoms with Gasteiger partial charge in [0.2, 0.25) is 0 Å². The fourth-order valence-electron chi connectivity index (χ4n) is 2.16. The molecule has 0 aromatic rings. The molecule has 1 aliphatic heterocycles. The number of alkyl halides is 3. The van der Waals surface area contributed by atoms with E-state index in [2.05, 4.69) is 5.32 Å². The lowest BCUT2D eigenvalue weighted by Crippen LogP contribution is -2.45. The molecular weight excluding hydrogens is 275 g/mol. The molecule has 1 rings (SSSR count). The lowest BCUT2D eigenvalue weighted by atomic mass is 10.1. The predicted octanol–water partition coefficient (Wildman–Crippen LogP) is 0.893. The zero-order valence-corrected chi connectivity index (χ0v) is 11.8. The highest BCUT2D eigenvalue weighted by atomic mass is 19.4. The van der Waals surface area contributed by atoms with E-state index in [1.54, 1.807) is 14.0 Å². The summed E-state index contributed by atoms with van der Waals surface area (Å²) in [5.74, 6) is 0.0409. The number of amides is 2. The van der Waals surface area contributed by atoms with E-state index in [9.17, 15) is 18.0 Å². The number of aliphatic hydroxyl groups is 1. The first-order valence-corrected chi connectivity index (χ1v) is 6.63. The maximum atomic E-state index is 12.2. The molecule has 1 fully saturated rings. The number of aliphatic hydroxyl groups excluding tert-OH is 1. The lowest BCUT2D eigenvalue weighted by molar-refractivity contribution is -0.143. The molecule has 2 atom stereocenters. The van der Waals surface area contributed by atoms with Gasteiger partial charge in [-0.1, -0.05) is 0 Å². The monoisotopic (exact) mass is 297 g/mol. The molecule has 2 N–H and O–H groups in total. The van der Waals surface area contributed by atoms with Crippen LogP contribution in [0.2, 0.25) is 0 Å². The van der Waals surface area contributed by atoms with Crippen LogP contribution in [-0.4, -0.2) is 73.0 Å². The Morgan fingerprint density at radius 2 is 2.20 bits per heavy atom. The first-order chi connectivity index (χ1) is 9.23. The molecule has 0 spiro atoms. The van der Waals surface area contributed by atoms with Gasteiger partial charge in [-0.3, -0.25) is 4.90 Å². The van der Waals surface area contributed by atoms with E-state index in [0.29, 0.717) is 26.1 Å². The molecule has 1 saturated heterocycles. The lowest BCUT2D eigenvalue weighted by Gasteiger charge is -2.24. The number of nitrogens with one attached hydrogen (secondary N) is 1. The number of likely N-dealkylation sites (tertiary alicyclic amines) is 1. The van der Waals surface area contributed by atoms with E-state index in [-0.39, 0.29) is 24.6 Å². The van der Waals surface area contributed by atoms with Crippen LogP contribution in [0.15, 0.2) is 0 Å². The van der Waals surface area contributed by atoms with E-state index in [0.717, 1.165) is 0 Å². The number of nitrogens with zero attached hydrogens (tertiary/aromatic N) is 2. The van der Waals surface area contributed by atoms with Crippen molar-refractivity contribution in [1.82, 2.24) is 15.1 Å². The van der Waals surface area contributed by atoms with E-state index in [1.807, 2.05) is 0 Å². The molecule has 1 aliphatic rings. The van der Waals surface area contributed by atoms with Gasteiger partial charge in [-0.25, -0.2) is 4.79 Å². The number of hydrogen-bond donors (Lipinski definition) is 2. The number of halogens is 3. The Bertz CT molecular complexity index is 326. The van der Waals surface area contributed by atoms with Gasteiger partial charge in [0.05, 0.1) is 19.2 Å². The van der Waals surface area contributed by atoms with E-state index >= 15 is 0 Å². The summed E-state index contributed by atoms with van der Waals surface area (Å²) in [5.41, 5.74) is 0. The largest absolute Gasteiger partial charge is 0.401 e. The van der Waals surface area contributed by atoms with Crippen molar-refractivity contribution >= 4 is 6.03 Å². The maximum absolute atomic E-state index is 12.2. The average molecular weight is 297 g/mol. The minimum absolute atomic E-state index is 0.0409. The molecule has 2 unspecified atom stereocenters. The second kappa shape index (κ2) is 7.12. The Balaban J connectivity index is 2.29. The first kappa shape index (κ1) is 17.0. The molecule has 20 heavy (non-hydrogen) atoms. The summed E-state index contributed by atoms with van der Waals surface area (Å²) in [6.45, 7) is 1.80. The Labute approximate surface area is 116 Å². The van der Waals surface area contributed by atoms with Gasteiger partial charge in [-0.15, -0.1) is 0 Å². The van der Waals surface area contributed by atoms with Crippen molar-refractivity contribution in [3.8, 4) is 0 Å². The predicted molar refractivity (Wildman–Crippen MR) is 68.3 cm³/mol. The standard InChI is InChI=1S/C12H22F3N3O2/c1-9(7-19)17(2)11(20)16-5-10-3-4-18(6-10)8-12(13,14)15/h9-10,19H,3-8H2,1-2H3,(H,16,20). The van der Waals surface area contributed by atoms with E-state index in [1.165, 1.54) is 9.80 Å². The molecule has 0 saturated carbocycles. The molecule has 2 amide bonds. The second-order valence-corrected chi connectivity index (χ2v) is 5.33. The second-order valence-electron chi connectivity index (χ2n) is 5.33. The molecule has 8 heteroatoms. The topological polar surface area (TPSA) is 55.8 Å². The summed E-state index contributed by atoms with van der Waals surface area (Å²) in [7, 11) is 1.57. The van der Waals surface area contributed by atoms with E-state index in [4.69, 9.17) is 5.11 Å². The number of carbonyl (C=O) groups is 1. The van der Waals surface area contributed by atoms with Gasteiger partial charge in [-0.2, -0.15) is 13.2 Å². The minimum Gasteiger partial charge on any atom is -0.394 e. The summed E-state index contributed by atoms with van der Waals surface area (Å²) in [6.07, 6.45) is -3.52. The molecule has 0 radical (unpaired) electrons. The van der Waals surface area contributed by atoms with Crippen molar-refractivity contribution in [3.63, 3.8) is 0 Å². The third kappa shape index (κ3) is 5.54. The Kier molecular flexibility index (Phi) is 6.07. The number of hydrogen-bond acceptors (Lipinski definition) is 3. The normalized spacial score (nSPS) is 21.8. The summed E-state index contributed by atoms with van der Waals surface area (Å²) in [6, 6.07) is -0.610. The van der Waals surface area contributed by atoms with Crippen molar-refractivity contribution in [2.24, 2.45) is 5.92 Å². The fraction of sp³-hybridized carbons (Fsp3) is 0.917. The Morgan fingerprint density at radius 1 is 1.55 bits per heavy atom. The van der Waals surface area contributed by atoms with Crippen LogP contribution in [-0.2, 0) is 0 Å². The summed E-state index contributed by atoms with van der Waals surface area (Å²) < 4.78 is 36.7. The van der Waals surface area contributed by atoms with Gasteiger partial charge in [0, 0.05) is 20.1 Å². The highest BCUT2D eigenvalue weighted by Gasteiger charge is 2.34. The maximum Gasteiger partial charge on any atom is 0.401 e. The highest BCUT2D eigenvalue weighted by molar-refractivity contribution is 5.74. The van der Waals surface area contributed by atoms with Crippen LogP contribution in [0.3, 0.4) is 0 Å². The highest BCUT2D eigenvalue weighted by Crippen LogP contribution is 2.22. The van der Waals surface area contributed by atoms with Crippen LogP contribution in [0.5, 0.6) is 0 Å². The van der Waals surface area contributed by atoms with Crippen LogP contribution in [0, 0.1) is 5.92 Å². The first-order valence-electron chi connectivity index (χ1n) is 6.63. The smallest absolute Gasteiger partial charge is 0.394 e. The average Bonchev–Trinajstić information content (AvgIpc) is 2.79. The van der Waals surface area contributed by atoms with Crippen LogP contribution >= 0.6 is 0 Å². The van der Waals surface area contributed by atoms with Crippen LogP contribution < -0.4 is 5.32 Å². The van der Waals surface area contributed by atoms with Crippen molar-refractivity contribution in [3.05, 3.63) is 0 Å².